The van der Waals surface area contributed by atoms with Crippen LogP contribution in [-0.2, 0) is 9.47 Å². The van der Waals surface area contributed by atoms with Crippen molar-refractivity contribution in [3.05, 3.63) is 60.7 Å². The van der Waals surface area contributed by atoms with Crippen molar-refractivity contribution in [2.24, 2.45) is 5.92 Å². The van der Waals surface area contributed by atoms with Gasteiger partial charge in [0.1, 0.15) is 8.07 Å². The molecule has 0 spiro atoms. The summed E-state index contributed by atoms with van der Waals surface area (Å²) in [5, 5.41) is 3.06. The number of rotatable bonds is 6. The van der Waals surface area contributed by atoms with Crippen LogP contribution in [0.5, 0.6) is 0 Å². The number of thioether (sulfide) groups is 2. The lowest BCUT2D eigenvalue weighted by Gasteiger charge is -2.50. The molecule has 0 amide bonds. The molecule has 28 heavy (non-hydrogen) atoms. The summed E-state index contributed by atoms with van der Waals surface area (Å²) in [6.07, 6.45) is 2.37. The number of benzene rings is 2. The summed E-state index contributed by atoms with van der Waals surface area (Å²) in [5.74, 6) is 2.88. The Morgan fingerprint density at radius 2 is 1.43 bits per heavy atom. The Kier molecular flexibility index (Phi) is 6.58. The van der Waals surface area contributed by atoms with Crippen LogP contribution in [0.1, 0.15) is 19.8 Å². The van der Waals surface area contributed by atoms with E-state index in [9.17, 15) is 0 Å². The standard InChI is InChI=1S/C23H30O2S2Si/c1-19(22-24-14-15-25-22)18-23(26-16-9-17-27-23)28(2,20-10-5-3-6-11-20)21-12-7-4-8-13-21/h3-8,10-13,19,22H,9,14-18H2,1-2H3. The van der Waals surface area contributed by atoms with Gasteiger partial charge in [-0.25, -0.2) is 0 Å². The molecule has 0 saturated carbocycles. The Balaban J connectivity index is 1.80. The lowest BCUT2D eigenvalue weighted by molar-refractivity contribution is -0.0798. The van der Waals surface area contributed by atoms with Gasteiger partial charge in [-0.15, -0.1) is 23.5 Å². The van der Waals surface area contributed by atoms with E-state index in [1.165, 1.54) is 28.3 Å². The van der Waals surface area contributed by atoms with Gasteiger partial charge in [0.05, 0.1) is 16.9 Å². The van der Waals surface area contributed by atoms with E-state index >= 15 is 0 Å². The van der Waals surface area contributed by atoms with Crippen LogP contribution in [0.4, 0.5) is 0 Å². The van der Waals surface area contributed by atoms with Crippen molar-refractivity contribution in [1.29, 1.82) is 0 Å². The van der Waals surface area contributed by atoms with Crippen LogP contribution in [-0.4, -0.2) is 42.8 Å². The van der Waals surface area contributed by atoms with E-state index in [0.717, 1.165) is 19.6 Å². The molecule has 1 unspecified atom stereocenters. The molecule has 0 aromatic heterocycles. The van der Waals surface area contributed by atoms with Gasteiger partial charge in [0.15, 0.2) is 6.29 Å². The molecule has 150 valence electrons. The molecule has 2 aromatic carbocycles. The van der Waals surface area contributed by atoms with Gasteiger partial charge in [-0.05, 0) is 24.3 Å². The van der Waals surface area contributed by atoms with Crippen LogP contribution >= 0.6 is 23.5 Å². The van der Waals surface area contributed by atoms with E-state index in [4.69, 9.17) is 9.47 Å². The molecule has 2 aromatic rings. The van der Waals surface area contributed by atoms with Gasteiger partial charge >= 0.3 is 0 Å². The minimum atomic E-state index is -2.05. The molecule has 0 N–H and O–H groups in total. The summed E-state index contributed by atoms with van der Waals surface area (Å²) in [4.78, 5) is 0. The number of hydrogen-bond donors (Lipinski definition) is 0. The highest BCUT2D eigenvalue weighted by Crippen LogP contribution is 2.52. The second-order valence-electron chi connectivity index (χ2n) is 7.95. The second kappa shape index (κ2) is 8.96. The molecule has 2 nitrogen and oxygen atoms in total. The minimum Gasteiger partial charge on any atom is -0.350 e. The van der Waals surface area contributed by atoms with Gasteiger partial charge < -0.3 is 9.47 Å². The molecular formula is C23H30O2S2Si. The highest BCUT2D eigenvalue weighted by molar-refractivity contribution is 8.21. The van der Waals surface area contributed by atoms with E-state index in [0.29, 0.717) is 5.92 Å². The van der Waals surface area contributed by atoms with Crippen molar-refractivity contribution in [1.82, 2.24) is 0 Å². The average molecular weight is 431 g/mol. The first-order valence-corrected chi connectivity index (χ1v) is 14.7. The molecule has 0 bridgehead atoms. The summed E-state index contributed by atoms with van der Waals surface area (Å²) >= 11 is 4.42. The number of hydrogen-bond acceptors (Lipinski definition) is 4. The fourth-order valence-electron chi connectivity index (χ4n) is 4.56. The fourth-order valence-corrected chi connectivity index (χ4v) is 15.6. The third kappa shape index (κ3) is 3.84. The molecular weight excluding hydrogens is 400 g/mol. The normalized spacial score (nSPS) is 21.5. The van der Waals surface area contributed by atoms with Crippen LogP contribution in [0.3, 0.4) is 0 Å². The summed E-state index contributed by atoms with van der Waals surface area (Å²) < 4.78 is 12.0. The van der Waals surface area contributed by atoms with Crippen LogP contribution < -0.4 is 10.4 Å². The van der Waals surface area contributed by atoms with Crippen LogP contribution in [0.2, 0.25) is 6.55 Å². The molecule has 2 aliphatic heterocycles. The Bertz CT molecular complexity index is 704. The molecule has 1 atom stereocenters. The van der Waals surface area contributed by atoms with Gasteiger partial charge in [0.25, 0.3) is 0 Å². The van der Waals surface area contributed by atoms with E-state index < -0.39 is 8.07 Å². The molecule has 5 heteroatoms. The average Bonchev–Trinajstić information content (AvgIpc) is 3.30. The summed E-state index contributed by atoms with van der Waals surface area (Å²) in [6, 6.07) is 22.6. The molecule has 2 fully saturated rings. The zero-order valence-corrected chi connectivity index (χ0v) is 19.4. The van der Waals surface area contributed by atoms with E-state index in [2.05, 4.69) is 97.7 Å². The van der Waals surface area contributed by atoms with Gasteiger partial charge in [-0.2, -0.15) is 0 Å². The Hall–Kier alpha value is -0.723. The first kappa shape index (κ1) is 20.5. The van der Waals surface area contributed by atoms with Crippen molar-refractivity contribution < 1.29 is 9.47 Å². The van der Waals surface area contributed by atoms with E-state index in [-0.39, 0.29) is 9.99 Å². The molecule has 4 rings (SSSR count). The topological polar surface area (TPSA) is 18.5 Å². The van der Waals surface area contributed by atoms with Crippen LogP contribution in [0.25, 0.3) is 0 Å². The molecule has 0 aliphatic carbocycles. The zero-order valence-electron chi connectivity index (χ0n) is 16.8. The minimum absolute atomic E-state index is 0.0511. The van der Waals surface area contributed by atoms with Crippen molar-refractivity contribution in [3.63, 3.8) is 0 Å². The predicted octanol–water partition coefficient (Wildman–Crippen LogP) is 4.38. The Morgan fingerprint density at radius 1 is 0.929 bits per heavy atom. The third-order valence-electron chi connectivity index (χ3n) is 6.13. The van der Waals surface area contributed by atoms with E-state index in [1.54, 1.807) is 0 Å². The van der Waals surface area contributed by atoms with Gasteiger partial charge in [0.2, 0.25) is 0 Å². The summed E-state index contributed by atoms with van der Waals surface area (Å²) in [6.45, 7) is 6.37. The second-order valence-corrected chi connectivity index (χ2v) is 16.0. The smallest absolute Gasteiger partial charge is 0.160 e. The van der Waals surface area contributed by atoms with Crippen molar-refractivity contribution in [2.75, 3.05) is 24.7 Å². The Morgan fingerprint density at radius 3 is 1.93 bits per heavy atom. The number of ether oxygens (including phenoxy) is 2. The van der Waals surface area contributed by atoms with Crippen LogP contribution in [0, 0.1) is 5.92 Å². The van der Waals surface area contributed by atoms with Crippen molar-refractivity contribution in [3.8, 4) is 0 Å². The quantitative estimate of drug-likeness (QED) is 0.633. The maximum absolute atomic E-state index is 5.90. The fraction of sp³-hybridized carbons (Fsp3) is 0.478. The maximum atomic E-state index is 5.90. The molecule has 2 heterocycles. The van der Waals surface area contributed by atoms with E-state index in [1.807, 2.05) is 0 Å². The molecule has 2 saturated heterocycles. The van der Waals surface area contributed by atoms with Gasteiger partial charge in [0, 0.05) is 5.92 Å². The molecule has 2 aliphatic rings. The lowest BCUT2D eigenvalue weighted by Crippen LogP contribution is -2.70. The van der Waals surface area contributed by atoms with Crippen molar-refractivity contribution in [2.45, 2.75) is 36.3 Å². The first-order valence-electron chi connectivity index (χ1n) is 10.3. The SMILES string of the molecule is CC(CC1([Si](C)(c2ccccc2)c2ccccc2)SCCCS1)C1OCCO1. The van der Waals surface area contributed by atoms with Crippen LogP contribution in [0.15, 0.2) is 60.7 Å². The monoisotopic (exact) mass is 430 g/mol. The largest absolute Gasteiger partial charge is 0.350 e. The Labute approximate surface area is 178 Å². The predicted molar refractivity (Wildman–Crippen MR) is 126 cm³/mol. The highest BCUT2D eigenvalue weighted by atomic mass is 32.2. The third-order valence-corrected chi connectivity index (χ3v) is 17.1. The zero-order chi connectivity index (χ0) is 19.5. The maximum Gasteiger partial charge on any atom is 0.160 e. The highest BCUT2D eigenvalue weighted by Gasteiger charge is 2.55. The molecule has 0 radical (unpaired) electrons. The first-order chi connectivity index (χ1) is 13.7. The summed E-state index contributed by atoms with van der Waals surface area (Å²) in [7, 11) is -2.05. The van der Waals surface area contributed by atoms with Gasteiger partial charge in [-0.1, -0.05) is 84.5 Å². The summed E-state index contributed by atoms with van der Waals surface area (Å²) in [5.41, 5.74) is 0. The van der Waals surface area contributed by atoms with Crippen molar-refractivity contribution >= 4 is 42.0 Å². The lowest BCUT2D eigenvalue weighted by atomic mass is 10.1. The van der Waals surface area contributed by atoms with Gasteiger partial charge in [-0.3, -0.25) is 0 Å².